The van der Waals surface area contributed by atoms with Gasteiger partial charge in [-0.1, -0.05) is 52.7 Å². The molecule has 0 aliphatic rings. The monoisotopic (exact) mass is 474 g/mol. The molecule has 2 amide bonds. The molecule has 6 heteroatoms. The number of aryl methyl sites for hydroxylation is 2. The Hall–Kier alpha value is -2.34. The fourth-order valence-corrected chi connectivity index (χ4v) is 3.37. The Kier molecular flexibility index (Phi) is 8.90. The molecule has 0 saturated heterocycles. The molecule has 0 aliphatic heterocycles. The van der Waals surface area contributed by atoms with Crippen LogP contribution in [0.1, 0.15) is 43.9 Å². The third-order valence-corrected chi connectivity index (χ3v) is 5.67. The van der Waals surface area contributed by atoms with Gasteiger partial charge < -0.3 is 15.0 Å². The zero-order chi connectivity index (χ0) is 22.3. The van der Waals surface area contributed by atoms with E-state index in [0.717, 1.165) is 21.2 Å². The Morgan fingerprint density at radius 1 is 1.10 bits per heavy atom. The van der Waals surface area contributed by atoms with Gasteiger partial charge in [0.05, 0.1) is 0 Å². The summed E-state index contributed by atoms with van der Waals surface area (Å²) < 4.78 is 6.74. The molecular formula is C24H31BrN2O3. The number of rotatable bonds is 9. The van der Waals surface area contributed by atoms with Crippen LogP contribution in [0.4, 0.5) is 0 Å². The zero-order valence-electron chi connectivity index (χ0n) is 18.4. The van der Waals surface area contributed by atoms with E-state index in [2.05, 4.69) is 21.2 Å². The lowest BCUT2D eigenvalue weighted by atomic mass is 10.1. The van der Waals surface area contributed by atoms with Crippen LogP contribution in [0.25, 0.3) is 0 Å². The van der Waals surface area contributed by atoms with Crippen LogP contribution >= 0.6 is 15.9 Å². The maximum absolute atomic E-state index is 13.1. The molecule has 0 heterocycles. The number of nitrogens with zero attached hydrogens (tertiary/aromatic N) is 1. The predicted molar refractivity (Wildman–Crippen MR) is 123 cm³/mol. The number of amides is 2. The molecule has 5 nitrogen and oxygen atoms in total. The van der Waals surface area contributed by atoms with E-state index in [1.807, 2.05) is 77.1 Å². The Bertz CT molecular complexity index is 865. The van der Waals surface area contributed by atoms with E-state index >= 15 is 0 Å². The third-order valence-electron chi connectivity index (χ3n) is 4.78. The van der Waals surface area contributed by atoms with Crippen LogP contribution in [0.3, 0.4) is 0 Å². The summed E-state index contributed by atoms with van der Waals surface area (Å²) in [4.78, 5) is 27.5. The molecule has 0 unspecified atom stereocenters. The van der Waals surface area contributed by atoms with E-state index in [4.69, 9.17) is 4.74 Å². The van der Waals surface area contributed by atoms with Crippen LogP contribution in [0, 0.1) is 13.8 Å². The first-order valence-corrected chi connectivity index (χ1v) is 11.0. The zero-order valence-corrected chi connectivity index (χ0v) is 20.0. The summed E-state index contributed by atoms with van der Waals surface area (Å²) >= 11 is 3.46. The van der Waals surface area contributed by atoms with Gasteiger partial charge in [0.15, 0.2) is 6.61 Å². The van der Waals surface area contributed by atoms with Gasteiger partial charge in [0.1, 0.15) is 11.8 Å². The van der Waals surface area contributed by atoms with Crippen molar-refractivity contribution in [3.05, 3.63) is 63.6 Å². The Morgan fingerprint density at radius 3 is 2.33 bits per heavy atom. The van der Waals surface area contributed by atoms with Crippen molar-refractivity contribution in [2.24, 2.45) is 0 Å². The summed E-state index contributed by atoms with van der Waals surface area (Å²) in [7, 11) is 0. The lowest BCUT2D eigenvalue weighted by molar-refractivity contribution is -0.143. The summed E-state index contributed by atoms with van der Waals surface area (Å²) in [6.45, 7) is 9.95. The van der Waals surface area contributed by atoms with Crippen molar-refractivity contribution in [1.29, 1.82) is 0 Å². The lowest BCUT2D eigenvalue weighted by Crippen LogP contribution is -2.51. The van der Waals surface area contributed by atoms with E-state index in [0.29, 0.717) is 18.7 Å². The summed E-state index contributed by atoms with van der Waals surface area (Å²) in [6, 6.07) is 13.0. The molecule has 2 aromatic carbocycles. The predicted octanol–water partition coefficient (Wildman–Crippen LogP) is 4.78. The van der Waals surface area contributed by atoms with Gasteiger partial charge in [-0.05, 0) is 63.4 Å². The lowest BCUT2D eigenvalue weighted by Gasteiger charge is -2.31. The van der Waals surface area contributed by atoms with Gasteiger partial charge in [-0.15, -0.1) is 0 Å². The average molecular weight is 475 g/mol. The number of ether oxygens (including phenoxy) is 1. The van der Waals surface area contributed by atoms with Crippen molar-refractivity contribution in [3.8, 4) is 5.75 Å². The van der Waals surface area contributed by atoms with Gasteiger partial charge >= 0.3 is 0 Å². The number of nitrogens with one attached hydrogen (secondary N) is 1. The molecule has 0 saturated carbocycles. The standard InChI is InChI=1S/C24H31BrN2O3/c1-6-22(24(29)26-16(2)3)27(14-19-9-7-17(4)8-10-19)23(28)15-30-20-11-12-21(25)18(5)13-20/h7-13,16,22H,6,14-15H2,1-5H3,(H,26,29)/t22-/m0/s1. The van der Waals surface area contributed by atoms with Crippen molar-refractivity contribution in [2.75, 3.05) is 6.61 Å². The highest BCUT2D eigenvalue weighted by Gasteiger charge is 2.29. The average Bonchev–Trinajstić information content (AvgIpc) is 2.69. The molecule has 0 spiro atoms. The third kappa shape index (κ3) is 6.87. The van der Waals surface area contributed by atoms with Gasteiger partial charge in [0, 0.05) is 17.1 Å². The molecule has 0 fully saturated rings. The van der Waals surface area contributed by atoms with Crippen LogP contribution in [-0.2, 0) is 16.1 Å². The quantitative estimate of drug-likeness (QED) is 0.568. The van der Waals surface area contributed by atoms with Crippen molar-refractivity contribution < 1.29 is 14.3 Å². The molecular weight excluding hydrogens is 444 g/mol. The van der Waals surface area contributed by atoms with Crippen LogP contribution in [0.5, 0.6) is 5.75 Å². The van der Waals surface area contributed by atoms with Crippen LogP contribution in [0.15, 0.2) is 46.9 Å². The fourth-order valence-electron chi connectivity index (χ4n) is 3.13. The van der Waals surface area contributed by atoms with Gasteiger partial charge in [-0.2, -0.15) is 0 Å². The molecule has 162 valence electrons. The number of carbonyl (C=O) groups is 2. The van der Waals surface area contributed by atoms with Crippen LogP contribution in [-0.4, -0.2) is 35.4 Å². The normalized spacial score (nSPS) is 11.8. The van der Waals surface area contributed by atoms with Gasteiger partial charge in [-0.25, -0.2) is 0 Å². The topological polar surface area (TPSA) is 58.6 Å². The maximum atomic E-state index is 13.1. The summed E-state index contributed by atoms with van der Waals surface area (Å²) in [6.07, 6.45) is 0.521. The second-order valence-electron chi connectivity index (χ2n) is 7.79. The van der Waals surface area contributed by atoms with E-state index in [1.54, 1.807) is 4.90 Å². The van der Waals surface area contributed by atoms with Crippen molar-refractivity contribution in [1.82, 2.24) is 10.2 Å². The van der Waals surface area contributed by atoms with Crippen LogP contribution in [0.2, 0.25) is 0 Å². The van der Waals surface area contributed by atoms with E-state index < -0.39 is 6.04 Å². The van der Waals surface area contributed by atoms with Gasteiger partial charge in [-0.3, -0.25) is 9.59 Å². The van der Waals surface area contributed by atoms with Crippen molar-refractivity contribution in [3.63, 3.8) is 0 Å². The highest BCUT2D eigenvalue weighted by molar-refractivity contribution is 9.10. The number of benzene rings is 2. The highest BCUT2D eigenvalue weighted by atomic mass is 79.9. The van der Waals surface area contributed by atoms with Crippen molar-refractivity contribution >= 4 is 27.7 Å². The van der Waals surface area contributed by atoms with Crippen LogP contribution < -0.4 is 10.1 Å². The van der Waals surface area contributed by atoms with E-state index in [1.165, 1.54) is 0 Å². The molecule has 30 heavy (non-hydrogen) atoms. The summed E-state index contributed by atoms with van der Waals surface area (Å²) in [5, 5.41) is 2.93. The largest absolute Gasteiger partial charge is 0.484 e. The number of carbonyl (C=O) groups excluding carboxylic acids is 2. The molecule has 0 radical (unpaired) electrons. The van der Waals surface area contributed by atoms with E-state index in [9.17, 15) is 9.59 Å². The molecule has 1 atom stereocenters. The Morgan fingerprint density at radius 2 is 1.77 bits per heavy atom. The molecule has 0 aliphatic carbocycles. The fraction of sp³-hybridized carbons (Fsp3) is 0.417. The molecule has 0 bridgehead atoms. The number of hydrogen-bond donors (Lipinski definition) is 1. The first-order chi connectivity index (χ1) is 14.2. The summed E-state index contributed by atoms with van der Waals surface area (Å²) in [5.74, 6) is 0.258. The second kappa shape index (κ2) is 11.2. The number of hydrogen-bond acceptors (Lipinski definition) is 3. The van der Waals surface area contributed by atoms with Crippen molar-refractivity contribution in [2.45, 2.75) is 59.7 Å². The number of halogens is 1. The molecule has 1 N–H and O–H groups in total. The van der Waals surface area contributed by atoms with E-state index in [-0.39, 0.29) is 24.5 Å². The minimum absolute atomic E-state index is 0.00451. The Balaban J connectivity index is 2.21. The second-order valence-corrected chi connectivity index (χ2v) is 8.65. The minimum Gasteiger partial charge on any atom is -0.484 e. The molecule has 2 aromatic rings. The SMILES string of the molecule is CC[C@@H](C(=O)NC(C)C)N(Cc1ccc(C)cc1)C(=O)COc1ccc(Br)c(C)c1. The highest BCUT2D eigenvalue weighted by Crippen LogP contribution is 2.22. The first-order valence-electron chi connectivity index (χ1n) is 10.3. The first kappa shape index (κ1) is 23.9. The Labute approximate surface area is 187 Å². The minimum atomic E-state index is -0.559. The van der Waals surface area contributed by atoms with Gasteiger partial charge in [0.2, 0.25) is 5.91 Å². The molecule has 0 aromatic heterocycles. The maximum Gasteiger partial charge on any atom is 0.261 e. The summed E-state index contributed by atoms with van der Waals surface area (Å²) in [5.41, 5.74) is 3.15. The molecule has 2 rings (SSSR count). The smallest absolute Gasteiger partial charge is 0.261 e. The van der Waals surface area contributed by atoms with Gasteiger partial charge in [0.25, 0.3) is 5.91 Å².